The van der Waals surface area contributed by atoms with Gasteiger partial charge in [0.05, 0.1) is 5.39 Å². The van der Waals surface area contributed by atoms with Crippen molar-refractivity contribution in [3.63, 3.8) is 0 Å². The van der Waals surface area contributed by atoms with Crippen molar-refractivity contribution in [3.05, 3.63) is 87.0 Å². The normalized spacial score (nSPS) is 10.9. The molecule has 5 aromatic rings. The zero-order valence-corrected chi connectivity index (χ0v) is 20.2. The highest BCUT2D eigenvalue weighted by atomic mass is 35.5. The van der Waals surface area contributed by atoms with Crippen LogP contribution < -0.4 is 20.3 Å². The van der Waals surface area contributed by atoms with E-state index < -0.39 is 5.91 Å². The number of hydrogen-bond donors (Lipinski definition) is 3. The van der Waals surface area contributed by atoms with E-state index in [4.69, 9.17) is 21.1 Å². The average molecular weight is 523 g/mol. The predicted molar refractivity (Wildman–Crippen MR) is 136 cm³/mol. The maximum Gasteiger partial charge on any atom is 0.312 e. The molecule has 10 nitrogen and oxygen atoms in total. The van der Waals surface area contributed by atoms with Crippen molar-refractivity contribution in [1.29, 1.82) is 0 Å². The quantitative estimate of drug-likeness (QED) is 0.250. The molecular weight excluding hydrogens is 504 g/mol. The number of fused-ring (bicyclic) bond motifs is 1. The van der Waals surface area contributed by atoms with Crippen molar-refractivity contribution in [2.24, 2.45) is 0 Å². The van der Waals surface area contributed by atoms with Crippen LogP contribution in [0.2, 0.25) is 5.02 Å². The van der Waals surface area contributed by atoms with E-state index in [0.717, 1.165) is 16.7 Å². The molecule has 2 aromatic carbocycles. The molecule has 3 heterocycles. The molecule has 0 spiro atoms. The molecule has 0 aliphatic heterocycles. The summed E-state index contributed by atoms with van der Waals surface area (Å²) in [6.07, 6.45) is 1.36. The van der Waals surface area contributed by atoms with Gasteiger partial charge >= 0.3 is 6.01 Å². The number of nitrogens with one attached hydrogen (secondary N) is 3. The molecule has 3 N–H and O–H groups in total. The highest BCUT2D eigenvalue weighted by Gasteiger charge is 2.16. The summed E-state index contributed by atoms with van der Waals surface area (Å²) >= 11 is 7.27. The number of hydrogen-bond acceptors (Lipinski definition) is 8. The molecule has 0 aliphatic rings. The largest absolute Gasteiger partial charge is 0.490 e. The summed E-state index contributed by atoms with van der Waals surface area (Å²) < 4.78 is 11.0. The van der Waals surface area contributed by atoms with Gasteiger partial charge in [0, 0.05) is 22.5 Å². The molecule has 0 saturated carbocycles. The molecular formula is C24H19ClN6O4S. The lowest BCUT2D eigenvalue weighted by Crippen LogP contribution is -2.27. The van der Waals surface area contributed by atoms with Gasteiger partial charge in [-0.1, -0.05) is 35.9 Å². The molecule has 0 aliphatic carbocycles. The van der Waals surface area contributed by atoms with Crippen molar-refractivity contribution in [3.8, 4) is 22.9 Å². The third kappa shape index (κ3) is 5.37. The molecule has 12 heteroatoms. The van der Waals surface area contributed by atoms with Crippen LogP contribution in [-0.4, -0.2) is 44.3 Å². The van der Waals surface area contributed by atoms with Crippen molar-refractivity contribution < 1.29 is 14.3 Å². The third-order valence-electron chi connectivity index (χ3n) is 5.15. The second kappa shape index (κ2) is 10.6. The molecule has 36 heavy (non-hydrogen) atoms. The Balaban J connectivity index is 1.22. The first-order valence-corrected chi connectivity index (χ1v) is 12.1. The number of thiophene rings is 1. The summed E-state index contributed by atoms with van der Waals surface area (Å²) in [4.78, 5) is 36.9. The first kappa shape index (κ1) is 23.5. The molecule has 0 saturated heterocycles. The van der Waals surface area contributed by atoms with E-state index in [0.29, 0.717) is 40.2 Å². The molecule has 0 bridgehead atoms. The van der Waals surface area contributed by atoms with E-state index in [1.54, 1.807) is 12.1 Å². The van der Waals surface area contributed by atoms with Gasteiger partial charge in [-0.2, -0.15) is 10.1 Å². The highest BCUT2D eigenvalue weighted by molar-refractivity contribution is 7.17. The maximum absolute atomic E-state index is 12.8. The van der Waals surface area contributed by atoms with E-state index >= 15 is 0 Å². The molecule has 0 fully saturated rings. The average Bonchev–Trinajstić information content (AvgIpc) is 3.56. The number of H-pyrrole nitrogens is 2. The molecule has 0 unspecified atom stereocenters. The van der Waals surface area contributed by atoms with Crippen LogP contribution in [0.15, 0.2) is 65.0 Å². The summed E-state index contributed by atoms with van der Waals surface area (Å²) in [6, 6.07) is 14.8. The van der Waals surface area contributed by atoms with E-state index in [1.807, 2.05) is 41.8 Å². The number of amides is 1. The van der Waals surface area contributed by atoms with Crippen molar-refractivity contribution in [1.82, 2.24) is 30.5 Å². The van der Waals surface area contributed by atoms with Crippen LogP contribution in [-0.2, 0) is 6.54 Å². The lowest BCUT2D eigenvalue weighted by atomic mass is 10.1. The first-order chi connectivity index (χ1) is 17.6. The Morgan fingerprint density at radius 1 is 1.11 bits per heavy atom. The third-order valence-corrected chi connectivity index (χ3v) is 6.27. The lowest BCUT2D eigenvalue weighted by Gasteiger charge is -2.09. The number of ether oxygens (including phenoxy) is 2. The maximum atomic E-state index is 12.8. The van der Waals surface area contributed by atoms with Crippen LogP contribution in [0.5, 0.6) is 11.8 Å². The van der Waals surface area contributed by atoms with Gasteiger partial charge in [-0.3, -0.25) is 9.59 Å². The second-order valence-corrected chi connectivity index (χ2v) is 8.86. The van der Waals surface area contributed by atoms with Crippen molar-refractivity contribution in [2.75, 3.05) is 13.2 Å². The van der Waals surface area contributed by atoms with Gasteiger partial charge in [0.2, 0.25) is 5.82 Å². The number of carbonyl (C=O) groups excluding carboxylic acids is 1. The smallest absolute Gasteiger partial charge is 0.312 e. The van der Waals surface area contributed by atoms with Gasteiger partial charge in [0.15, 0.2) is 0 Å². The van der Waals surface area contributed by atoms with E-state index in [9.17, 15) is 9.59 Å². The SMILES string of the molecule is O=C(NCc1cccc(OCCOc2ncn[nH]2)c1)c1nc2scc(-c3ccc(Cl)cc3)c2c(=O)[nH]1. The Morgan fingerprint density at radius 2 is 1.94 bits per heavy atom. The first-order valence-electron chi connectivity index (χ1n) is 10.8. The minimum Gasteiger partial charge on any atom is -0.490 e. The van der Waals surface area contributed by atoms with Crippen LogP contribution in [0.3, 0.4) is 0 Å². The van der Waals surface area contributed by atoms with Crippen LogP contribution in [0, 0.1) is 0 Å². The van der Waals surface area contributed by atoms with Gasteiger partial charge in [0.25, 0.3) is 11.5 Å². The number of nitrogens with zero attached hydrogens (tertiary/aromatic N) is 3. The number of aromatic nitrogens is 5. The van der Waals surface area contributed by atoms with Crippen LogP contribution in [0.4, 0.5) is 0 Å². The fourth-order valence-corrected chi connectivity index (χ4v) is 4.55. The van der Waals surface area contributed by atoms with Crippen LogP contribution in [0.1, 0.15) is 16.2 Å². The van der Waals surface area contributed by atoms with Crippen LogP contribution >= 0.6 is 22.9 Å². The Bertz CT molecular complexity index is 1550. The van der Waals surface area contributed by atoms with Crippen molar-refractivity contribution >= 4 is 39.1 Å². The van der Waals surface area contributed by atoms with Gasteiger partial charge in [-0.25, -0.2) is 10.1 Å². The molecule has 5 rings (SSSR count). The summed E-state index contributed by atoms with van der Waals surface area (Å²) in [5.41, 5.74) is 2.04. The minimum absolute atomic E-state index is 0.0472. The fourth-order valence-electron chi connectivity index (χ4n) is 3.47. The monoisotopic (exact) mass is 522 g/mol. The summed E-state index contributed by atoms with van der Waals surface area (Å²) in [5, 5.41) is 12.0. The molecule has 0 radical (unpaired) electrons. The summed E-state index contributed by atoms with van der Waals surface area (Å²) in [5.74, 6) is 0.0976. The summed E-state index contributed by atoms with van der Waals surface area (Å²) in [6.45, 7) is 0.827. The second-order valence-electron chi connectivity index (χ2n) is 7.57. The number of benzene rings is 2. The Kier molecular flexibility index (Phi) is 6.92. The summed E-state index contributed by atoms with van der Waals surface area (Å²) in [7, 11) is 0. The van der Waals surface area contributed by atoms with Gasteiger partial charge in [-0.05, 0) is 35.4 Å². The molecule has 1 amide bonds. The fraction of sp³-hybridized carbons (Fsp3) is 0.125. The Hall–Kier alpha value is -4.22. The highest BCUT2D eigenvalue weighted by Crippen LogP contribution is 2.31. The molecule has 182 valence electrons. The van der Waals surface area contributed by atoms with Gasteiger partial charge in [-0.15, -0.1) is 11.3 Å². The molecule has 3 aromatic heterocycles. The number of rotatable bonds is 9. The van der Waals surface area contributed by atoms with E-state index in [-0.39, 0.29) is 17.9 Å². The zero-order valence-electron chi connectivity index (χ0n) is 18.7. The topological polar surface area (TPSA) is 135 Å². The lowest BCUT2D eigenvalue weighted by molar-refractivity contribution is 0.0940. The Morgan fingerprint density at radius 3 is 2.75 bits per heavy atom. The number of halogens is 1. The van der Waals surface area contributed by atoms with Gasteiger partial charge < -0.3 is 19.8 Å². The van der Waals surface area contributed by atoms with Gasteiger partial charge in [0.1, 0.15) is 30.1 Å². The standard InChI is InChI=1S/C24H19ClN6O4S/c25-16-6-4-15(5-7-16)18-12-36-23-19(18)21(32)29-20(30-23)22(33)26-11-14-2-1-3-17(10-14)34-8-9-35-24-27-13-28-31-24/h1-7,10,12-13H,8-9,11H2,(H,26,33)(H,27,28,31)(H,29,30,32). The van der Waals surface area contributed by atoms with E-state index in [1.165, 1.54) is 17.7 Å². The number of aromatic amines is 2. The van der Waals surface area contributed by atoms with Crippen molar-refractivity contribution in [2.45, 2.75) is 6.54 Å². The zero-order chi connectivity index (χ0) is 24.9. The Labute approximate surface area is 213 Å². The van der Waals surface area contributed by atoms with Crippen LogP contribution in [0.25, 0.3) is 21.3 Å². The minimum atomic E-state index is -0.484. The molecule has 0 atom stereocenters. The predicted octanol–water partition coefficient (Wildman–Crippen LogP) is 3.81. The van der Waals surface area contributed by atoms with E-state index in [2.05, 4.69) is 30.5 Å². The number of carbonyl (C=O) groups is 1.